The molecule has 5 atom stereocenters. The fraction of sp³-hybridized carbons (Fsp3) is 0.696. The van der Waals surface area contributed by atoms with E-state index in [1.807, 2.05) is 34.1 Å². The first-order valence-electron chi connectivity index (χ1n) is 22.0. The Morgan fingerprint density at radius 3 is 1.81 bits per heavy atom. The molecule has 0 saturated heterocycles. The smallest absolute Gasteiger partial charge is 0.462 e. The van der Waals surface area contributed by atoms with Crippen molar-refractivity contribution in [3.8, 4) is 0 Å². The van der Waals surface area contributed by atoms with Crippen LogP contribution in [0.3, 0.4) is 0 Å². The number of likely N-dealkylation sites (N-methyl/N-ethyl adjacent to an activating group) is 1. The molecule has 0 aliphatic heterocycles. The van der Waals surface area contributed by atoms with E-state index in [1.165, 1.54) is 38.5 Å². The first-order valence-corrected chi connectivity index (χ1v) is 23.5. The number of aliphatic hydroxyl groups is 3. The lowest BCUT2D eigenvalue weighted by atomic mass is 10.1. The molecule has 0 aromatic carbocycles. The largest absolute Gasteiger partial charge is 0.472 e. The lowest BCUT2D eigenvalue weighted by Gasteiger charge is -2.24. The molecule has 0 rings (SSSR count). The van der Waals surface area contributed by atoms with Gasteiger partial charge in [0.05, 0.1) is 46.1 Å². The Kier molecular flexibility index (Phi) is 35.4. The highest BCUT2D eigenvalue weighted by molar-refractivity contribution is 7.47. The Morgan fingerprint density at radius 1 is 0.627 bits per heavy atom. The zero-order valence-electron chi connectivity index (χ0n) is 37.0. The van der Waals surface area contributed by atoms with Crippen LogP contribution in [-0.2, 0) is 32.7 Å². The van der Waals surface area contributed by atoms with Gasteiger partial charge in [-0.1, -0.05) is 138 Å². The number of unbranched alkanes of at least 4 members (excludes halogenated alkanes) is 11. The number of phosphoric acid groups is 1. The van der Waals surface area contributed by atoms with Gasteiger partial charge in [0, 0.05) is 12.8 Å². The fourth-order valence-electron chi connectivity index (χ4n) is 5.37. The summed E-state index contributed by atoms with van der Waals surface area (Å²) in [6.07, 6.45) is 35.3. The van der Waals surface area contributed by atoms with Crippen molar-refractivity contribution in [2.24, 2.45) is 0 Å². The van der Waals surface area contributed by atoms with E-state index in [1.54, 1.807) is 54.7 Å². The number of carbonyl (C=O) groups excluding carboxylic acids is 2. The van der Waals surface area contributed by atoms with E-state index in [2.05, 4.69) is 19.1 Å². The lowest BCUT2D eigenvalue weighted by molar-refractivity contribution is -0.870. The molecule has 0 aromatic heterocycles. The second-order valence-corrected chi connectivity index (χ2v) is 17.4. The van der Waals surface area contributed by atoms with Crippen LogP contribution in [0, 0.1) is 0 Å². The van der Waals surface area contributed by atoms with E-state index in [0.29, 0.717) is 36.7 Å². The quantitative estimate of drug-likeness (QED) is 0.0117. The van der Waals surface area contributed by atoms with Crippen molar-refractivity contribution in [2.75, 3.05) is 47.5 Å². The van der Waals surface area contributed by atoms with Crippen molar-refractivity contribution in [2.45, 2.75) is 160 Å². The van der Waals surface area contributed by atoms with Gasteiger partial charge < -0.3 is 34.2 Å². The maximum Gasteiger partial charge on any atom is 0.472 e. The standard InChI is InChI=1S/C46H80NO11P/c1-6-8-9-10-11-12-13-14-15-16-17-18-19-20-28-35-45(51)55-39-44(40-57-59(53,54)56-38-37-47(3,4)5)58-46(52)36-29-34-43(50)32-25-22-21-24-31-42(49)33-27-23-26-30-41(48)7-2/h14-15,21-27,30-32,41-44,48-50H,6-13,16-20,28-29,33-40H2,1-5H3/p+1/b15-14-,22-21-,27-23-,30-26+,31-24+,32-25+. The summed E-state index contributed by atoms with van der Waals surface area (Å²) in [5, 5.41) is 29.8. The van der Waals surface area contributed by atoms with Crippen molar-refractivity contribution in [1.82, 2.24) is 0 Å². The summed E-state index contributed by atoms with van der Waals surface area (Å²) < 4.78 is 34.0. The third-order valence-electron chi connectivity index (χ3n) is 9.07. The molecule has 12 nitrogen and oxygen atoms in total. The monoisotopic (exact) mass is 855 g/mol. The van der Waals surface area contributed by atoms with Crippen LogP contribution >= 0.6 is 7.82 Å². The molecule has 0 bridgehead atoms. The number of phosphoric ester groups is 1. The number of hydrogen-bond acceptors (Lipinski definition) is 10. The molecule has 5 unspecified atom stereocenters. The van der Waals surface area contributed by atoms with Gasteiger partial charge in [0.25, 0.3) is 0 Å². The van der Waals surface area contributed by atoms with E-state index in [4.69, 9.17) is 18.5 Å². The van der Waals surface area contributed by atoms with Gasteiger partial charge >= 0.3 is 19.8 Å². The highest BCUT2D eigenvalue weighted by Crippen LogP contribution is 2.43. The minimum absolute atomic E-state index is 0.0259. The predicted octanol–water partition coefficient (Wildman–Crippen LogP) is 9.15. The highest BCUT2D eigenvalue weighted by atomic mass is 31.2. The van der Waals surface area contributed by atoms with Crippen LogP contribution in [-0.4, -0.2) is 109 Å². The Hall–Kier alpha value is -2.67. The molecule has 0 radical (unpaired) electrons. The Morgan fingerprint density at radius 2 is 1.19 bits per heavy atom. The molecule has 0 fully saturated rings. The zero-order valence-corrected chi connectivity index (χ0v) is 37.9. The number of quaternary nitrogens is 1. The number of allylic oxidation sites excluding steroid dienone is 8. The van der Waals surface area contributed by atoms with Crippen LogP contribution in [0.5, 0.6) is 0 Å². The van der Waals surface area contributed by atoms with E-state index < -0.39 is 50.8 Å². The molecule has 0 aliphatic rings. The maximum absolute atomic E-state index is 12.7. The topological polar surface area (TPSA) is 169 Å². The van der Waals surface area contributed by atoms with Crippen molar-refractivity contribution in [3.63, 3.8) is 0 Å². The molecule has 0 spiro atoms. The number of rotatable bonds is 38. The van der Waals surface area contributed by atoms with Gasteiger partial charge in [-0.3, -0.25) is 18.6 Å². The summed E-state index contributed by atoms with van der Waals surface area (Å²) >= 11 is 0. The SMILES string of the molecule is CCCCCCCC/C=C\CCCCCCCC(=O)OCC(COP(=O)(O)OCC[N+](C)(C)C)OC(=O)CCCC(O)/C=C/C=C\C=C\C(O)C/C=C\C=C\C(O)CC. The molecular formula is C46H81NO11P+. The molecule has 59 heavy (non-hydrogen) atoms. The van der Waals surface area contributed by atoms with Gasteiger partial charge in [0.15, 0.2) is 6.10 Å². The fourth-order valence-corrected chi connectivity index (χ4v) is 6.11. The number of aliphatic hydroxyl groups excluding tert-OH is 3. The van der Waals surface area contributed by atoms with Crippen LogP contribution in [0.1, 0.15) is 136 Å². The van der Waals surface area contributed by atoms with Gasteiger partial charge in [-0.15, -0.1) is 0 Å². The third kappa shape index (κ3) is 40.5. The number of esters is 2. The summed E-state index contributed by atoms with van der Waals surface area (Å²) in [6.45, 7) is 3.72. The maximum atomic E-state index is 12.7. The average molecular weight is 855 g/mol. The summed E-state index contributed by atoms with van der Waals surface area (Å²) in [4.78, 5) is 35.4. The minimum atomic E-state index is -4.46. The van der Waals surface area contributed by atoms with Crippen LogP contribution in [0.2, 0.25) is 0 Å². The molecular weight excluding hydrogens is 773 g/mol. The van der Waals surface area contributed by atoms with Crippen molar-refractivity contribution >= 4 is 19.8 Å². The summed E-state index contributed by atoms with van der Waals surface area (Å²) in [6, 6.07) is 0. The second kappa shape index (κ2) is 37.1. The number of ether oxygens (including phenoxy) is 2. The van der Waals surface area contributed by atoms with E-state index >= 15 is 0 Å². The summed E-state index contributed by atoms with van der Waals surface area (Å²) in [5.74, 6) is -1.08. The van der Waals surface area contributed by atoms with Crippen molar-refractivity contribution < 1.29 is 57.4 Å². The first kappa shape index (κ1) is 56.3. The van der Waals surface area contributed by atoms with Crippen LogP contribution in [0.15, 0.2) is 72.9 Å². The summed E-state index contributed by atoms with van der Waals surface area (Å²) in [7, 11) is 1.28. The van der Waals surface area contributed by atoms with E-state index in [-0.39, 0.29) is 32.5 Å². The Labute approximate surface area is 356 Å². The number of carbonyl (C=O) groups is 2. The Balaban J connectivity index is 4.68. The van der Waals surface area contributed by atoms with Crippen LogP contribution in [0.4, 0.5) is 0 Å². The second-order valence-electron chi connectivity index (χ2n) is 15.9. The van der Waals surface area contributed by atoms with Gasteiger partial charge in [-0.05, 0) is 57.8 Å². The third-order valence-corrected chi connectivity index (χ3v) is 10.1. The molecule has 4 N–H and O–H groups in total. The highest BCUT2D eigenvalue weighted by Gasteiger charge is 2.27. The molecule has 0 aromatic rings. The van der Waals surface area contributed by atoms with E-state index in [9.17, 15) is 34.4 Å². The molecule has 0 saturated carbocycles. The lowest BCUT2D eigenvalue weighted by Crippen LogP contribution is -2.37. The molecule has 13 heteroatoms. The summed E-state index contributed by atoms with van der Waals surface area (Å²) in [5.41, 5.74) is 0. The van der Waals surface area contributed by atoms with Gasteiger partial charge in [0.2, 0.25) is 0 Å². The molecule has 340 valence electrons. The zero-order chi connectivity index (χ0) is 44.0. The number of nitrogens with zero attached hydrogens (tertiary/aromatic N) is 1. The van der Waals surface area contributed by atoms with Crippen LogP contribution < -0.4 is 0 Å². The molecule has 0 heterocycles. The predicted molar refractivity (Wildman–Crippen MR) is 237 cm³/mol. The van der Waals surface area contributed by atoms with Crippen LogP contribution in [0.25, 0.3) is 0 Å². The number of hydrogen-bond donors (Lipinski definition) is 4. The van der Waals surface area contributed by atoms with Gasteiger partial charge in [-0.2, -0.15) is 0 Å². The first-order chi connectivity index (χ1) is 28.2. The van der Waals surface area contributed by atoms with Gasteiger partial charge in [0.1, 0.15) is 19.8 Å². The molecule has 0 aliphatic carbocycles. The minimum Gasteiger partial charge on any atom is -0.462 e. The normalized spacial score (nSPS) is 15.9. The van der Waals surface area contributed by atoms with Gasteiger partial charge in [-0.25, -0.2) is 4.57 Å². The van der Waals surface area contributed by atoms with E-state index in [0.717, 1.165) is 38.5 Å². The van der Waals surface area contributed by atoms with Crippen molar-refractivity contribution in [1.29, 1.82) is 0 Å². The Bertz CT molecular complexity index is 1290. The molecule has 0 amide bonds. The van der Waals surface area contributed by atoms with Crippen molar-refractivity contribution in [3.05, 3.63) is 72.9 Å². The average Bonchev–Trinajstić information content (AvgIpc) is 3.17.